The molecule has 0 unspecified atom stereocenters. The van der Waals surface area contributed by atoms with Crippen LogP contribution in [0.15, 0.2) is 64.8 Å². The highest BCUT2D eigenvalue weighted by Crippen LogP contribution is 2.35. The molecule has 4 rings (SSSR count). The van der Waals surface area contributed by atoms with Crippen LogP contribution >= 0.6 is 22.9 Å². The van der Waals surface area contributed by atoms with Gasteiger partial charge in [0.15, 0.2) is 0 Å². The van der Waals surface area contributed by atoms with E-state index in [9.17, 15) is 9.18 Å². The largest absolute Gasteiger partial charge is 0.283 e. The molecular formula is C20H13ClFN3OS. The molecule has 0 aliphatic rings. The Bertz CT molecular complexity index is 1210. The second-order valence-electron chi connectivity index (χ2n) is 5.85. The number of fused-ring (bicyclic) bond motifs is 1. The van der Waals surface area contributed by atoms with Crippen LogP contribution in [0.3, 0.4) is 0 Å². The summed E-state index contributed by atoms with van der Waals surface area (Å²) in [6.07, 6.45) is 2.56. The van der Waals surface area contributed by atoms with Gasteiger partial charge in [0.1, 0.15) is 17.0 Å². The molecule has 7 heteroatoms. The number of hydrogen-bond donors (Lipinski definition) is 0. The van der Waals surface area contributed by atoms with Gasteiger partial charge >= 0.3 is 0 Å². The highest BCUT2D eigenvalue weighted by molar-refractivity contribution is 7.19. The molecule has 0 bridgehead atoms. The van der Waals surface area contributed by atoms with Crippen LogP contribution in [0.1, 0.15) is 10.4 Å². The van der Waals surface area contributed by atoms with Gasteiger partial charge in [-0.15, -0.1) is 11.3 Å². The van der Waals surface area contributed by atoms with Crippen molar-refractivity contribution in [2.45, 2.75) is 6.92 Å². The number of nitrogens with zero attached hydrogens (tertiary/aromatic N) is 3. The van der Waals surface area contributed by atoms with Gasteiger partial charge < -0.3 is 0 Å². The first-order chi connectivity index (χ1) is 13.1. The van der Waals surface area contributed by atoms with Crippen molar-refractivity contribution in [2.24, 2.45) is 5.10 Å². The number of hydrogen-bond acceptors (Lipinski definition) is 4. The summed E-state index contributed by atoms with van der Waals surface area (Å²) in [4.78, 5) is 19.0. The molecule has 0 amide bonds. The smallest absolute Gasteiger partial charge is 0.267 e. The molecule has 0 fully saturated rings. The minimum absolute atomic E-state index is 0.121. The molecule has 2 heterocycles. The first kappa shape index (κ1) is 17.6. The number of aromatic nitrogens is 2. The van der Waals surface area contributed by atoms with E-state index in [2.05, 4.69) is 10.1 Å². The fraction of sp³-hybridized carbons (Fsp3) is 0.0500. The van der Waals surface area contributed by atoms with E-state index in [0.29, 0.717) is 10.2 Å². The van der Waals surface area contributed by atoms with Gasteiger partial charge in [0.25, 0.3) is 5.56 Å². The van der Waals surface area contributed by atoms with Crippen molar-refractivity contribution in [1.29, 1.82) is 0 Å². The van der Waals surface area contributed by atoms with Crippen molar-refractivity contribution >= 4 is 39.4 Å². The minimum atomic E-state index is -0.510. The van der Waals surface area contributed by atoms with E-state index in [1.165, 1.54) is 36.0 Å². The third kappa shape index (κ3) is 3.18. The van der Waals surface area contributed by atoms with E-state index in [1.54, 1.807) is 6.07 Å². The van der Waals surface area contributed by atoms with Gasteiger partial charge in [-0.3, -0.25) is 4.79 Å². The topological polar surface area (TPSA) is 47.2 Å². The lowest BCUT2D eigenvalue weighted by Crippen LogP contribution is -2.17. The van der Waals surface area contributed by atoms with E-state index in [0.717, 1.165) is 20.7 Å². The molecule has 2 aromatic heterocycles. The third-order valence-corrected chi connectivity index (χ3v) is 5.49. The Morgan fingerprint density at radius 3 is 2.70 bits per heavy atom. The highest BCUT2D eigenvalue weighted by Gasteiger charge is 2.16. The molecule has 0 radical (unpaired) electrons. The van der Waals surface area contributed by atoms with E-state index in [1.807, 2.05) is 37.3 Å². The van der Waals surface area contributed by atoms with Gasteiger partial charge in [-0.05, 0) is 24.6 Å². The van der Waals surface area contributed by atoms with Crippen LogP contribution in [-0.4, -0.2) is 15.9 Å². The molecule has 4 nitrogen and oxygen atoms in total. The number of benzene rings is 2. The summed E-state index contributed by atoms with van der Waals surface area (Å²) in [5.74, 6) is -0.510. The second kappa shape index (κ2) is 7.06. The van der Waals surface area contributed by atoms with Gasteiger partial charge in [-0.1, -0.05) is 48.0 Å². The highest BCUT2D eigenvalue weighted by atomic mass is 35.5. The second-order valence-corrected chi connectivity index (χ2v) is 7.46. The average molecular weight is 398 g/mol. The van der Waals surface area contributed by atoms with Crippen molar-refractivity contribution < 1.29 is 4.39 Å². The Morgan fingerprint density at radius 1 is 1.19 bits per heavy atom. The molecule has 0 atom stereocenters. The molecular weight excluding hydrogens is 385 g/mol. The Kier molecular flexibility index (Phi) is 4.59. The number of thiophene rings is 1. The molecule has 0 spiro atoms. The SMILES string of the molecule is Cc1sc2ncn(/N=C\c3c(F)cccc3Cl)c(=O)c2c1-c1ccccc1. The Morgan fingerprint density at radius 2 is 1.96 bits per heavy atom. The summed E-state index contributed by atoms with van der Waals surface area (Å²) in [5.41, 5.74) is 1.60. The van der Waals surface area contributed by atoms with Crippen molar-refractivity contribution in [3.63, 3.8) is 0 Å². The standard InChI is InChI=1S/C20H13ClFN3OS/c1-12-17(13-6-3-2-4-7-13)18-19(27-12)23-11-25(20(18)26)24-10-14-15(21)8-5-9-16(14)22/h2-11H,1H3/b24-10-. The quantitative estimate of drug-likeness (QED) is 0.451. The predicted octanol–water partition coefficient (Wildman–Crippen LogP) is 5.11. The number of rotatable bonds is 3. The Labute approximate surface area is 163 Å². The maximum absolute atomic E-state index is 13.9. The molecule has 4 aromatic rings. The van der Waals surface area contributed by atoms with Crippen LogP contribution in [0.25, 0.3) is 21.3 Å². The van der Waals surface area contributed by atoms with Crippen LogP contribution in [0.2, 0.25) is 5.02 Å². The summed E-state index contributed by atoms with van der Waals surface area (Å²) >= 11 is 7.47. The Hall–Kier alpha value is -2.83. The molecule has 0 saturated carbocycles. The van der Waals surface area contributed by atoms with Crippen LogP contribution in [0.5, 0.6) is 0 Å². The van der Waals surface area contributed by atoms with E-state index < -0.39 is 5.82 Å². The van der Waals surface area contributed by atoms with Gasteiger partial charge in [-0.25, -0.2) is 9.37 Å². The van der Waals surface area contributed by atoms with Gasteiger partial charge in [-0.2, -0.15) is 9.78 Å². The lowest BCUT2D eigenvalue weighted by molar-refractivity contribution is 0.625. The van der Waals surface area contributed by atoms with E-state index in [4.69, 9.17) is 11.6 Å². The van der Waals surface area contributed by atoms with Crippen LogP contribution in [0.4, 0.5) is 4.39 Å². The zero-order valence-electron chi connectivity index (χ0n) is 14.2. The lowest BCUT2D eigenvalue weighted by atomic mass is 10.0. The van der Waals surface area contributed by atoms with E-state index in [-0.39, 0.29) is 16.1 Å². The number of aryl methyl sites for hydroxylation is 1. The first-order valence-electron chi connectivity index (χ1n) is 8.11. The van der Waals surface area contributed by atoms with Crippen LogP contribution in [0, 0.1) is 12.7 Å². The first-order valence-corrected chi connectivity index (χ1v) is 9.30. The van der Waals surface area contributed by atoms with Crippen molar-refractivity contribution in [2.75, 3.05) is 0 Å². The van der Waals surface area contributed by atoms with Crippen LogP contribution < -0.4 is 5.56 Å². The maximum atomic E-state index is 13.9. The zero-order chi connectivity index (χ0) is 19.0. The van der Waals surface area contributed by atoms with Crippen molar-refractivity contribution in [1.82, 2.24) is 9.66 Å². The van der Waals surface area contributed by atoms with E-state index >= 15 is 0 Å². The minimum Gasteiger partial charge on any atom is -0.267 e. The fourth-order valence-electron chi connectivity index (χ4n) is 2.88. The fourth-order valence-corrected chi connectivity index (χ4v) is 4.10. The number of halogens is 2. The summed E-state index contributed by atoms with van der Waals surface area (Å²) in [5, 5.41) is 4.81. The zero-order valence-corrected chi connectivity index (χ0v) is 15.8. The van der Waals surface area contributed by atoms with Gasteiger partial charge in [0.05, 0.1) is 16.6 Å². The van der Waals surface area contributed by atoms with Crippen molar-refractivity contribution in [3.05, 3.63) is 86.5 Å². The monoisotopic (exact) mass is 397 g/mol. The predicted molar refractivity (Wildman–Crippen MR) is 108 cm³/mol. The summed E-state index contributed by atoms with van der Waals surface area (Å²) in [7, 11) is 0. The molecule has 2 aromatic carbocycles. The summed E-state index contributed by atoms with van der Waals surface area (Å²) < 4.78 is 15.0. The van der Waals surface area contributed by atoms with Gasteiger partial charge in [0.2, 0.25) is 0 Å². The summed E-state index contributed by atoms with van der Waals surface area (Å²) in [6.45, 7) is 1.96. The molecule has 27 heavy (non-hydrogen) atoms. The Balaban J connectivity index is 1.88. The van der Waals surface area contributed by atoms with Crippen LogP contribution in [-0.2, 0) is 0 Å². The normalized spacial score (nSPS) is 11.5. The molecule has 0 aliphatic carbocycles. The molecule has 0 saturated heterocycles. The molecule has 0 N–H and O–H groups in total. The lowest BCUT2D eigenvalue weighted by Gasteiger charge is -2.03. The van der Waals surface area contributed by atoms with Crippen molar-refractivity contribution in [3.8, 4) is 11.1 Å². The summed E-state index contributed by atoms with van der Waals surface area (Å²) in [6, 6.07) is 14.0. The third-order valence-electron chi connectivity index (χ3n) is 4.15. The molecule has 134 valence electrons. The van der Waals surface area contributed by atoms with Gasteiger partial charge in [0, 0.05) is 16.0 Å². The maximum Gasteiger partial charge on any atom is 0.283 e. The average Bonchev–Trinajstić information content (AvgIpc) is 3.00. The molecule has 0 aliphatic heterocycles.